The van der Waals surface area contributed by atoms with Crippen molar-refractivity contribution in [3.8, 4) is 0 Å². The van der Waals surface area contributed by atoms with Gasteiger partial charge in [0.25, 0.3) is 0 Å². The topological polar surface area (TPSA) is 55.6 Å². The highest BCUT2D eigenvalue weighted by Crippen LogP contribution is 2.32. The van der Waals surface area contributed by atoms with Gasteiger partial charge in [-0.05, 0) is 74.8 Å². The fourth-order valence-corrected chi connectivity index (χ4v) is 4.21. The lowest BCUT2D eigenvalue weighted by atomic mass is 9.78. The van der Waals surface area contributed by atoms with E-state index in [1.807, 2.05) is 11.9 Å². The van der Waals surface area contributed by atoms with Gasteiger partial charge in [0, 0.05) is 19.7 Å². The maximum absolute atomic E-state index is 12.6. The molecule has 4 nitrogen and oxygen atoms in total. The molecular weight excluding hydrogens is 324 g/mol. The minimum atomic E-state index is -0.325. The second kappa shape index (κ2) is 9.01. The number of benzene rings is 1. The summed E-state index contributed by atoms with van der Waals surface area (Å²) in [5.74, 6) is 1.08. The third-order valence-electron chi connectivity index (χ3n) is 6.53. The quantitative estimate of drug-likeness (QED) is 0.809. The summed E-state index contributed by atoms with van der Waals surface area (Å²) in [6.07, 6.45) is 7.84. The molecule has 0 unspecified atom stereocenters. The first-order chi connectivity index (χ1) is 12.6. The Bertz CT molecular complexity index is 592. The Hall–Kier alpha value is -1.39. The third kappa shape index (κ3) is 4.66. The molecule has 26 heavy (non-hydrogen) atoms. The second-order valence-electron chi connectivity index (χ2n) is 8.28. The smallest absolute Gasteiger partial charge is 0.239 e. The zero-order chi connectivity index (χ0) is 18.5. The third-order valence-corrected chi connectivity index (χ3v) is 6.53. The van der Waals surface area contributed by atoms with Gasteiger partial charge < -0.3 is 15.4 Å². The van der Waals surface area contributed by atoms with Crippen LogP contribution in [0.3, 0.4) is 0 Å². The number of carbonyl (C=O) groups excluding carboxylic acids is 1. The van der Waals surface area contributed by atoms with Gasteiger partial charge in [0.05, 0.1) is 12.6 Å². The monoisotopic (exact) mass is 358 g/mol. The zero-order valence-electron chi connectivity index (χ0n) is 16.3. The molecular formula is C22H34N2O2. The fraction of sp³-hybridized carbons (Fsp3) is 0.682. The van der Waals surface area contributed by atoms with Crippen LogP contribution >= 0.6 is 0 Å². The van der Waals surface area contributed by atoms with Gasteiger partial charge in [-0.3, -0.25) is 4.79 Å². The average molecular weight is 359 g/mol. The Balaban J connectivity index is 1.38. The van der Waals surface area contributed by atoms with Gasteiger partial charge in [-0.2, -0.15) is 0 Å². The Morgan fingerprint density at radius 3 is 2.50 bits per heavy atom. The van der Waals surface area contributed by atoms with Gasteiger partial charge >= 0.3 is 0 Å². The molecule has 2 N–H and O–H groups in total. The van der Waals surface area contributed by atoms with Crippen molar-refractivity contribution in [3.05, 3.63) is 35.4 Å². The average Bonchev–Trinajstić information content (AvgIpc) is 2.61. The highest BCUT2D eigenvalue weighted by Gasteiger charge is 2.34. The molecule has 0 bridgehead atoms. The highest BCUT2D eigenvalue weighted by molar-refractivity contribution is 5.82. The van der Waals surface area contributed by atoms with Crippen LogP contribution in [0.25, 0.3) is 0 Å². The normalized spacial score (nSPS) is 24.7. The lowest BCUT2D eigenvalue weighted by Gasteiger charge is -2.38. The van der Waals surface area contributed by atoms with Gasteiger partial charge in [0.1, 0.15) is 0 Å². The Morgan fingerprint density at radius 2 is 1.88 bits per heavy atom. The molecule has 1 aromatic carbocycles. The number of hydrogen-bond donors (Lipinski definition) is 1. The fourth-order valence-electron chi connectivity index (χ4n) is 4.21. The van der Waals surface area contributed by atoms with Crippen molar-refractivity contribution in [1.82, 2.24) is 4.90 Å². The van der Waals surface area contributed by atoms with Crippen LogP contribution in [0.15, 0.2) is 24.3 Å². The van der Waals surface area contributed by atoms with Crippen LogP contribution in [0, 0.1) is 18.8 Å². The molecule has 1 atom stereocenters. The molecule has 4 heteroatoms. The van der Waals surface area contributed by atoms with E-state index in [0.29, 0.717) is 24.5 Å². The lowest BCUT2D eigenvalue weighted by molar-refractivity contribution is -0.136. The van der Waals surface area contributed by atoms with E-state index in [1.165, 1.54) is 17.5 Å². The molecule has 3 rings (SSSR count). The molecule has 2 aliphatic rings. The maximum atomic E-state index is 12.6. The highest BCUT2D eigenvalue weighted by atomic mass is 16.5. The Labute approximate surface area is 158 Å². The summed E-state index contributed by atoms with van der Waals surface area (Å²) < 4.78 is 5.97. The minimum absolute atomic E-state index is 0.147. The molecule has 2 aliphatic carbocycles. The van der Waals surface area contributed by atoms with E-state index in [4.69, 9.17) is 10.5 Å². The standard InChI is InChI=1S/C22H34N2O2/c1-16-6-3-4-7-19(16)15-26-14-17-10-12-18(13-11-17)21(23)22(25)24(2)20-8-5-9-20/h3-4,6-7,17-18,20-21H,5,8-15,23H2,1-2H3/t17?,18?,21-/m0/s1. The van der Waals surface area contributed by atoms with Crippen molar-refractivity contribution in [2.45, 2.75) is 70.6 Å². The van der Waals surface area contributed by atoms with E-state index >= 15 is 0 Å². The summed E-state index contributed by atoms with van der Waals surface area (Å²) in [5.41, 5.74) is 8.88. The first-order valence-electron chi connectivity index (χ1n) is 10.2. The van der Waals surface area contributed by atoms with Crippen molar-refractivity contribution in [2.24, 2.45) is 17.6 Å². The summed E-state index contributed by atoms with van der Waals surface area (Å²) in [5, 5.41) is 0. The first kappa shape index (κ1) is 19.4. The molecule has 1 amide bonds. The van der Waals surface area contributed by atoms with Gasteiger partial charge in [-0.1, -0.05) is 24.3 Å². The van der Waals surface area contributed by atoms with Gasteiger partial charge in [-0.25, -0.2) is 0 Å². The Kier molecular flexibility index (Phi) is 6.71. The lowest BCUT2D eigenvalue weighted by Crippen LogP contribution is -2.52. The number of rotatable bonds is 7. The van der Waals surface area contributed by atoms with E-state index in [9.17, 15) is 4.79 Å². The number of ether oxygens (including phenoxy) is 1. The van der Waals surface area contributed by atoms with Crippen molar-refractivity contribution in [1.29, 1.82) is 0 Å². The van der Waals surface area contributed by atoms with Crippen LogP contribution in [0.2, 0.25) is 0 Å². The van der Waals surface area contributed by atoms with Crippen LogP contribution in [0.4, 0.5) is 0 Å². The number of nitrogens with zero attached hydrogens (tertiary/aromatic N) is 1. The summed E-state index contributed by atoms with van der Waals surface area (Å²) in [6.45, 7) is 3.63. The summed E-state index contributed by atoms with van der Waals surface area (Å²) in [7, 11) is 1.93. The van der Waals surface area contributed by atoms with Crippen molar-refractivity contribution >= 4 is 5.91 Å². The van der Waals surface area contributed by atoms with Crippen LogP contribution in [0.5, 0.6) is 0 Å². The molecule has 0 heterocycles. The molecule has 0 saturated heterocycles. The SMILES string of the molecule is Cc1ccccc1COCC1CCC([C@H](N)C(=O)N(C)C2CCC2)CC1. The predicted molar refractivity (Wildman–Crippen MR) is 105 cm³/mol. The van der Waals surface area contributed by atoms with Crippen molar-refractivity contribution in [3.63, 3.8) is 0 Å². The summed E-state index contributed by atoms with van der Waals surface area (Å²) >= 11 is 0. The van der Waals surface area contributed by atoms with E-state index in [-0.39, 0.29) is 11.9 Å². The van der Waals surface area contributed by atoms with Crippen molar-refractivity contribution in [2.75, 3.05) is 13.7 Å². The van der Waals surface area contributed by atoms with E-state index in [2.05, 4.69) is 31.2 Å². The first-order valence-corrected chi connectivity index (χ1v) is 10.2. The van der Waals surface area contributed by atoms with Crippen LogP contribution in [-0.4, -0.2) is 36.5 Å². The Morgan fingerprint density at radius 1 is 1.19 bits per heavy atom. The molecule has 2 saturated carbocycles. The summed E-state index contributed by atoms with van der Waals surface area (Å²) in [4.78, 5) is 14.5. The molecule has 144 valence electrons. The van der Waals surface area contributed by atoms with E-state index in [0.717, 1.165) is 45.1 Å². The van der Waals surface area contributed by atoms with E-state index in [1.54, 1.807) is 0 Å². The van der Waals surface area contributed by atoms with Gasteiger partial charge in [0.15, 0.2) is 0 Å². The maximum Gasteiger partial charge on any atom is 0.239 e. The number of nitrogens with two attached hydrogens (primary N) is 1. The molecule has 2 fully saturated rings. The molecule has 0 spiro atoms. The van der Waals surface area contributed by atoms with Crippen molar-refractivity contribution < 1.29 is 9.53 Å². The largest absolute Gasteiger partial charge is 0.376 e. The van der Waals surface area contributed by atoms with E-state index < -0.39 is 0 Å². The van der Waals surface area contributed by atoms with Gasteiger partial charge in [0.2, 0.25) is 5.91 Å². The second-order valence-corrected chi connectivity index (χ2v) is 8.28. The summed E-state index contributed by atoms with van der Waals surface area (Å²) in [6, 6.07) is 8.50. The number of amides is 1. The number of aryl methyl sites for hydroxylation is 1. The predicted octanol–water partition coefficient (Wildman–Crippen LogP) is 3.66. The molecule has 1 aromatic rings. The van der Waals surface area contributed by atoms with Crippen LogP contribution in [-0.2, 0) is 16.1 Å². The zero-order valence-corrected chi connectivity index (χ0v) is 16.3. The number of carbonyl (C=O) groups is 1. The number of likely N-dealkylation sites (N-methyl/N-ethyl adjacent to an activating group) is 1. The minimum Gasteiger partial charge on any atom is -0.376 e. The number of hydrogen-bond acceptors (Lipinski definition) is 3. The van der Waals surface area contributed by atoms with Crippen LogP contribution in [0.1, 0.15) is 56.1 Å². The molecule has 0 radical (unpaired) electrons. The molecule has 0 aromatic heterocycles. The van der Waals surface area contributed by atoms with Gasteiger partial charge in [-0.15, -0.1) is 0 Å². The molecule has 0 aliphatic heterocycles. The van der Waals surface area contributed by atoms with Crippen LogP contribution < -0.4 is 5.73 Å².